The van der Waals surface area contributed by atoms with Gasteiger partial charge in [-0.1, -0.05) is 0 Å². The molecule has 2 aromatic rings. The smallest absolute Gasteiger partial charge is 0.126 e. The lowest BCUT2D eigenvalue weighted by Crippen LogP contribution is -2.25. The number of nitrogens with zero attached hydrogens (tertiary/aromatic N) is 2. The number of aromatic nitrogens is 2. The lowest BCUT2D eigenvalue weighted by Gasteiger charge is -2.21. The molecule has 0 radical (unpaired) electrons. The van der Waals surface area contributed by atoms with Crippen molar-refractivity contribution in [3.05, 3.63) is 40.8 Å². The molecule has 1 aliphatic heterocycles. The van der Waals surface area contributed by atoms with Gasteiger partial charge >= 0.3 is 0 Å². The maximum Gasteiger partial charge on any atom is 0.126 e. The van der Waals surface area contributed by atoms with Crippen molar-refractivity contribution >= 4 is 0 Å². The van der Waals surface area contributed by atoms with Gasteiger partial charge in [-0.3, -0.25) is 4.68 Å². The molecule has 3 nitrogen and oxygen atoms in total. The molecule has 0 atom stereocenters. The summed E-state index contributed by atoms with van der Waals surface area (Å²) in [6.45, 7) is 6.46. The number of hydrogen-bond donors (Lipinski definition) is 1. The van der Waals surface area contributed by atoms with Crippen LogP contribution in [0.25, 0.3) is 11.3 Å². The molecule has 0 bridgehead atoms. The Kier molecular flexibility index (Phi) is 3.11. The Balaban J connectivity index is 2.20. The highest BCUT2D eigenvalue weighted by Crippen LogP contribution is 2.30. The van der Waals surface area contributed by atoms with Crippen LogP contribution in [0, 0.1) is 12.7 Å². The number of hydrogen-bond acceptors (Lipinski definition) is 2. The number of benzene rings is 1. The van der Waals surface area contributed by atoms with Gasteiger partial charge in [-0.25, -0.2) is 4.39 Å². The first-order chi connectivity index (χ1) is 9.20. The molecule has 0 saturated carbocycles. The molecule has 2 heterocycles. The molecule has 1 N–H and O–H groups in total. The van der Waals surface area contributed by atoms with Gasteiger partial charge in [0.05, 0.1) is 11.4 Å². The molecule has 3 rings (SSSR count). The van der Waals surface area contributed by atoms with Crippen LogP contribution in [0.2, 0.25) is 0 Å². The molecule has 0 unspecified atom stereocenters. The van der Waals surface area contributed by atoms with Gasteiger partial charge in [0.25, 0.3) is 0 Å². The van der Waals surface area contributed by atoms with Crippen molar-refractivity contribution in [3.63, 3.8) is 0 Å². The Morgan fingerprint density at radius 1 is 1.37 bits per heavy atom. The van der Waals surface area contributed by atoms with Crippen molar-refractivity contribution in [1.29, 1.82) is 0 Å². The van der Waals surface area contributed by atoms with E-state index in [1.54, 1.807) is 6.07 Å². The summed E-state index contributed by atoms with van der Waals surface area (Å²) in [5, 5.41) is 7.81. The third-order valence-corrected chi connectivity index (χ3v) is 3.71. The fourth-order valence-corrected chi connectivity index (χ4v) is 2.81. The van der Waals surface area contributed by atoms with Crippen molar-refractivity contribution in [2.45, 2.75) is 33.4 Å². The van der Waals surface area contributed by atoms with Gasteiger partial charge in [0.2, 0.25) is 0 Å². The fraction of sp³-hybridized carbons (Fsp3) is 0.400. The van der Waals surface area contributed by atoms with E-state index in [1.807, 2.05) is 17.7 Å². The summed E-state index contributed by atoms with van der Waals surface area (Å²) in [6.07, 6.45) is 0.758. The minimum atomic E-state index is -0.0838. The second-order valence-corrected chi connectivity index (χ2v) is 4.97. The normalized spacial score (nSPS) is 14.5. The highest BCUT2D eigenvalue weighted by molar-refractivity contribution is 5.67. The minimum Gasteiger partial charge on any atom is -0.312 e. The summed E-state index contributed by atoms with van der Waals surface area (Å²) < 4.78 is 15.9. The van der Waals surface area contributed by atoms with Crippen LogP contribution >= 0.6 is 0 Å². The second kappa shape index (κ2) is 4.78. The first-order valence-electron chi connectivity index (χ1n) is 6.76. The predicted octanol–water partition coefficient (Wildman–Crippen LogP) is 2.66. The van der Waals surface area contributed by atoms with Crippen molar-refractivity contribution in [2.24, 2.45) is 0 Å². The van der Waals surface area contributed by atoms with Crippen molar-refractivity contribution in [3.8, 4) is 11.3 Å². The Bertz CT molecular complexity index is 616. The van der Waals surface area contributed by atoms with Crippen LogP contribution in [-0.2, 0) is 19.5 Å². The molecule has 1 aromatic heterocycles. The van der Waals surface area contributed by atoms with E-state index in [2.05, 4.69) is 23.4 Å². The van der Waals surface area contributed by atoms with Crippen LogP contribution in [-0.4, -0.2) is 16.3 Å². The summed E-state index contributed by atoms with van der Waals surface area (Å²) in [5.74, 6) is -0.0838. The summed E-state index contributed by atoms with van der Waals surface area (Å²) in [5.41, 5.74) is 5.13. The lowest BCUT2D eigenvalue weighted by molar-refractivity contribution is 0.569. The number of halogens is 1. The maximum absolute atomic E-state index is 13.9. The highest BCUT2D eigenvalue weighted by atomic mass is 19.1. The van der Waals surface area contributed by atoms with Crippen LogP contribution in [0.1, 0.15) is 23.7 Å². The molecule has 100 valence electrons. The van der Waals surface area contributed by atoms with Gasteiger partial charge in [0, 0.05) is 18.7 Å². The standard InChI is InChI=1S/C15H18FN3/c1-3-19-15(8-10(2)18-19)12-4-5-14(16)11-6-7-17-9-13(11)12/h4-5,8,17H,3,6-7,9H2,1-2H3. The average molecular weight is 259 g/mol. The van der Waals surface area contributed by atoms with E-state index in [-0.39, 0.29) is 5.82 Å². The van der Waals surface area contributed by atoms with E-state index in [1.165, 1.54) is 0 Å². The second-order valence-electron chi connectivity index (χ2n) is 4.97. The zero-order valence-electron chi connectivity index (χ0n) is 11.3. The summed E-state index contributed by atoms with van der Waals surface area (Å²) in [6, 6.07) is 5.54. The van der Waals surface area contributed by atoms with Gasteiger partial charge in [-0.05, 0) is 56.1 Å². The van der Waals surface area contributed by atoms with Crippen molar-refractivity contribution in [1.82, 2.24) is 15.1 Å². The quantitative estimate of drug-likeness (QED) is 0.898. The zero-order valence-corrected chi connectivity index (χ0v) is 11.3. The third-order valence-electron chi connectivity index (χ3n) is 3.71. The molecule has 1 aliphatic rings. The van der Waals surface area contributed by atoms with Crippen LogP contribution in [0.4, 0.5) is 4.39 Å². The molecular weight excluding hydrogens is 241 g/mol. The number of fused-ring (bicyclic) bond motifs is 1. The van der Waals surface area contributed by atoms with Crippen LogP contribution in [0.3, 0.4) is 0 Å². The molecule has 0 saturated heterocycles. The Morgan fingerprint density at radius 2 is 2.21 bits per heavy atom. The maximum atomic E-state index is 13.9. The molecule has 0 amide bonds. The number of aryl methyl sites for hydroxylation is 2. The summed E-state index contributed by atoms with van der Waals surface area (Å²) in [7, 11) is 0. The molecule has 1 aromatic carbocycles. The molecule has 0 aliphatic carbocycles. The number of rotatable bonds is 2. The topological polar surface area (TPSA) is 29.9 Å². The van der Waals surface area contributed by atoms with Gasteiger partial charge in [0.15, 0.2) is 0 Å². The van der Waals surface area contributed by atoms with Gasteiger partial charge in [-0.15, -0.1) is 0 Å². The lowest BCUT2D eigenvalue weighted by atomic mass is 9.93. The van der Waals surface area contributed by atoms with Gasteiger partial charge in [-0.2, -0.15) is 5.10 Å². The summed E-state index contributed by atoms with van der Waals surface area (Å²) >= 11 is 0. The third kappa shape index (κ3) is 2.06. The predicted molar refractivity (Wildman–Crippen MR) is 73.4 cm³/mol. The SMILES string of the molecule is CCn1nc(C)cc1-c1ccc(F)c2c1CNCC2. The van der Waals surface area contributed by atoms with Gasteiger partial charge in [0.1, 0.15) is 5.82 Å². The largest absolute Gasteiger partial charge is 0.312 e. The summed E-state index contributed by atoms with van der Waals surface area (Å²) in [4.78, 5) is 0. The van der Waals surface area contributed by atoms with E-state index in [9.17, 15) is 4.39 Å². The van der Waals surface area contributed by atoms with Crippen LogP contribution in [0.15, 0.2) is 18.2 Å². The van der Waals surface area contributed by atoms with Crippen LogP contribution in [0.5, 0.6) is 0 Å². The van der Waals surface area contributed by atoms with E-state index in [0.717, 1.165) is 54.1 Å². The molecule has 0 fully saturated rings. The van der Waals surface area contributed by atoms with E-state index < -0.39 is 0 Å². The zero-order chi connectivity index (χ0) is 13.4. The van der Waals surface area contributed by atoms with E-state index in [4.69, 9.17) is 0 Å². The van der Waals surface area contributed by atoms with Gasteiger partial charge < -0.3 is 5.32 Å². The average Bonchev–Trinajstić information content (AvgIpc) is 2.80. The molecule has 4 heteroatoms. The molecule has 19 heavy (non-hydrogen) atoms. The van der Waals surface area contributed by atoms with Crippen molar-refractivity contribution < 1.29 is 4.39 Å². The highest BCUT2D eigenvalue weighted by Gasteiger charge is 2.19. The Hall–Kier alpha value is -1.68. The monoisotopic (exact) mass is 259 g/mol. The van der Waals surface area contributed by atoms with Crippen LogP contribution < -0.4 is 5.32 Å². The van der Waals surface area contributed by atoms with E-state index in [0.29, 0.717) is 0 Å². The molecular formula is C15H18FN3. The first-order valence-corrected chi connectivity index (χ1v) is 6.76. The Morgan fingerprint density at radius 3 is 3.00 bits per heavy atom. The Labute approximate surface area is 112 Å². The first kappa shape index (κ1) is 12.4. The molecule has 0 spiro atoms. The minimum absolute atomic E-state index is 0.0838. The fourth-order valence-electron chi connectivity index (χ4n) is 2.81. The van der Waals surface area contributed by atoms with E-state index >= 15 is 0 Å². The van der Waals surface area contributed by atoms with Crippen molar-refractivity contribution in [2.75, 3.05) is 6.54 Å². The number of nitrogens with one attached hydrogen (secondary N) is 1.